The molecule has 0 spiro atoms. The van der Waals surface area contributed by atoms with Crippen molar-refractivity contribution in [2.45, 2.75) is 136 Å². The van der Waals surface area contributed by atoms with Gasteiger partial charge in [0.25, 0.3) is 0 Å². The molecule has 10 atom stereocenters. The SMILES string of the molecule is CCC[C@@](C)(O)CC[C@@H](C)[C@H]1CC[C@H]2[C@@H]3CC[C@@H]4C[C@@](C)(O)CC[C@]4(C)C3CC[C@]12C. The Labute approximate surface area is 193 Å². The van der Waals surface area contributed by atoms with Crippen LogP contribution in [-0.2, 0) is 0 Å². The molecule has 0 aromatic heterocycles. The summed E-state index contributed by atoms with van der Waals surface area (Å²) in [4.78, 5) is 0. The Balaban J connectivity index is 1.45. The Hall–Kier alpha value is -0.0800. The fraction of sp³-hybridized carbons (Fsp3) is 1.00. The van der Waals surface area contributed by atoms with E-state index in [0.717, 1.165) is 67.6 Å². The van der Waals surface area contributed by atoms with Crippen LogP contribution >= 0.6 is 0 Å². The molecule has 0 aromatic carbocycles. The van der Waals surface area contributed by atoms with Gasteiger partial charge >= 0.3 is 0 Å². The Morgan fingerprint density at radius 3 is 2.32 bits per heavy atom. The molecule has 4 rings (SSSR count). The zero-order valence-corrected chi connectivity index (χ0v) is 21.6. The average Bonchev–Trinajstić information content (AvgIpc) is 3.04. The topological polar surface area (TPSA) is 40.5 Å². The Morgan fingerprint density at radius 1 is 0.903 bits per heavy atom. The molecule has 31 heavy (non-hydrogen) atoms. The van der Waals surface area contributed by atoms with E-state index in [2.05, 4.69) is 34.6 Å². The molecule has 0 radical (unpaired) electrons. The summed E-state index contributed by atoms with van der Waals surface area (Å²) in [6.45, 7) is 14.1. The lowest BCUT2D eigenvalue weighted by molar-refractivity contribution is -0.148. The molecular weight excluding hydrogens is 380 g/mol. The minimum Gasteiger partial charge on any atom is -0.390 e. The van der Waals surface area contributed by atoms with E-state index in [9.17, 15) is 10.2 Å². The van der Waals surface area contributed by atoms with Crippen LogP contribution in [0.2, 0.25) is 0 Å². The zero-order chi connectivity index (χ0) is 22.7. The molecule has 0 saturated heterocycles. The molecule has 0 heterocycles. The summed E-state index contributed by atoms with van der Waals surface area (Å²) >= 11 is 0. The number of hydrogen-bond acceptors (Lipinski definition) is 2. The van der Waals surface area contributed by atoms with Crippen LogP contribution in [0.3, 0.4) is 0 Å². The summed E-state index contributed by atoms with van der Waals surface area (Å²) in [7, 11) is 0. The summed E-state index contributed by atoms with van der Waals surface area (Å²) in [5.74, 6) is 5.03. The first-order valence-electron chi connectivity index (χ1n) is 13.9. The van der Waals surface area contributed by atoms with Gasteiger partial charge in [-0.3, -0.25) is 0 Å². The highest BCUT2D eigenvalue weighted by Gasteiger charge is 2.61. The van der Waals surface area contributed by atoms with Gasteiger partial charge in [-0.15, -0.1) is 0 Å². The average molecular weight is 433 g/mol. The first kappa shape index (κ1) is 24.1. The van der Waals surface area contributed by atoms with E-state index in [1.807, 2.05) is 6.92 Å². The van der Waals surface area contributed by atoms with Gasteiger partial charge in [-0.05, 0) is 137 Å². The van der Waals surface area contributed by atoms with E-state index in [1.165, 1.54) is 51.4 Å². The van der Waals surface area contributed by atoms with Crippen LogP contribution in [0.1, 0.15) is 125 Å². The van der Waals surface area contributed by atoms with Crippen molar-refractivity contribution in [2.75, 3.05) is 0 Å². The highest BCUT2D eigenvalue weighted by molar-refractivity contribution is 5.10. The summed E-state index contributed by atoms with van der Waals surface area (Å²) in [5.41, 5.74) is 0.0808. The second kappa shape index (κ2) is 8.30. The molecule has 0 aromatic rings. The van der Waals surface area contributed by atoms with E-state index >= 15 is 0 Å². The fourth-order valence-electron chi connectivity index (χ4n) is 9.81. The van der Waals surface area contributed by atoms with Crippen LogP contribution in [0, 0.1) is 46.3 Å². The molecular formula is C29H52O2. The molecule has 1 unspecified atom stereocenters. The largest absolute Gasteiger partial charge is 0.390 e. The number of fused-ring (bicyclic) bond motifs is 5. The van der Waals surface area contributed by atoms with Gasteiger partial charge < -0.3 is 10.2 Å². The van der Waals surface area contributed by atoms with Crippen LogP contribution in [0.15, 0.2) is 0 Å². The fourth-order valence-corrected chi connectivity index (χ4v) is 9.81. The Morgan fingerprint density at radius 2 is 1.61 bits per heavy atom. The van der Waals surface area contributed by atoms with Gasteiger partial charge in [0.2, 0.25) is 0 Å². The standard InChI is InChI=1S/C29H52O2/c1-7-14-26(3,30)15-12-20(2)23-10-11-24-22-9-8-21-19-27(4,31)17-18-28(21,5)25(22)13-16-29(23,24)6/h20-25,30-31H,7-19H2,1-6H3/t20-,21-,22+,23-,24+,25?,26-,27+,28+,29-/m1/s1. The summed E-state index contributed by atoms with van der Waals surface area (Å²) in [6.07, 6.45) is 15.9. The predicted molar refractivity (Wildman–Crippen MR) is 130 cm³/mol. The maximum Gasteiger partial charge on any atom is 0.0622 e. The van der Waals surface area contributed by atoms with Gasteiger partial charge in [0, 0.05) is 0 Å². The lowest BCUT2D eigenvalue weighted by atomic mass is 9.43. The second-order valence-corrected chi connectivity index (χ2v) is 13.8. The van der Waals surface area contributed by atoms with E-state index in [-0.39, 0.29) is 0 Å². The van der Waals surface area contributed by atoms with Crippen molar-refractivity contribution in [3.8, 4) is 0 Å². The third kappa shape index (κ3) is 4.27. The van der Waals surface area contributed by atoms with E-state index in [4.69, 9.17) is 0 Å². The van der Waals surface area contributed by atoms with Gasteiger partial charge in [-0.2, -0.15) is 0 Å². The maximum absolute atomic E-state index is 10.7. The molecule has 4 saturated carbocycles. The van der Waals surface area contributed by atoms with Crippen molar-refractivity contribution < 1.29 is 10.2 Å². The third-order valence-electron chi connectivity index (χ3n) is 11.6. The minimum absolute atomic E-state index is 0.424. The second-order valence-electron chi connectivity index (χ2n) is 13.8. The number of aliphatic hydroxyl groups is 2. The van der Waals surface area contributed by atoms with Crippen molar-refractivity contribution in [3.63, 3.8) is 0 Å². The molecule has 2 heteroatoms. The molecule has 180 valence electrons. The van der Waals surface area contributed by atoms with Crippen molar-refractivity contribution in [2.24, 2.45) is 46.3 Å². The van der Waals surface area contributed by atoms with Gasteiger partial charge in [-0.1, -0.05) is 34.1 Å². The smallest absolute Gasteiger partial charge is 0.0622 e. The van der Waals surface area contributed by atoms with Crippen LogP contribution < -0.4 is 0 Å². The van der Waals surface area contributed by atoms with E-state index in [1.54, 1.807) is 0 Å². The first-order chi connectivity index (χ1) is 14.4. The van der Waals surface area contributed by atoms with Gasteiger partial charge in [0.15, 0.2) is 0 Å². The molecule has 4 aliphatic rings. The van der Waals surface area contributed by atoms with E-state index in [0.29, 0.717) is 10.8 Å². The van der Waals surface area contributed by atoms with Crippen molar-refractivity contribution >= 4 is 0 Å². The van der Waals surface area contributed by atoms with Crippen molar-refractivity contribution in [3.05, 3.63) is 0 Å². The maximum atomic E-state index is 10.7. The molecule has 0 bridgehead atoms. The zero-order valence-electron chi connectivity index (χ0n) is 21.6. The summed E-state index contributed by atoms with van der Waals surface area (Å²) < 4.78 is 0. The van der Waals surface area contributed by atoms with Crippen LogP contribution in [0.5, 0.6) is 0 Å². The quantitative estimate of drug-likeness (QED) is 0.460. The predicted octanol–water partition coefficient (Wildman–Crippen LogP) is 7.36. The van der Waals surface area contributed by atoms with Gasteiger partial charge in [0.05, 0.1) is 11.2 Å². The van der Waals surface area contributed by atoms with Crippen molar-refractivity contribution in [1.29, 1.82) is 0 Å². The molecule has 0 amide bonds. The van der Waals surface area contributed by atoms with E-state index < -0.39 is 11.2 Å². The van der Waals surface area contributed by atoms with Gasteiger partial charge in [-0.25, -0.2) is 0 Å². The molecule has 4 fully saturated rings. The number of hydrogen-bond donors (Lipinski definition) is 2. The lowest BCUT2D eigenvalue weighted by Crippen LogP contribution is -2.55. The van der Waals surface area contributed by atoms with Gasteiger partial charge in [0.1, 0.15) is 0 Å². The van der Waals surface area contributed by atoms with Crippen LogP contribution in [0.4, 0.5) is 0 Å². The normalized spacial score (nSPS) is 50.1. The minimum atomic E-state index is -0.477. The first-order valence-corrected chi connectivity index (χ1v) is 13.9. The molecule has 4 aliphatic carbocycles. The molecule has 2 nitrogen and oxygen atoms in total. The molecule has 2 N–H and O–H groups in total. The van der Waals surface area contributed by atoms with Crippen LogP contribution in [-0.4, -0.2) is 21.4 Å². The number of rotatable bonds is 6. The lowest BCUT2D eigenvalue weighted by Gasteiger charge is -2.62. The highest BCUT2D eigenvalue weighted by atomic mass is 16.3. The Bertz CT molecular complexity index is 639. The Kier molecular flexibility index (Phi) is 6.44. The van der Waals surface area contributed by atoms with Crippen molar-refractivity contribution in [1.82, 2.24) is 0 Å². The monoisotopic (exact) mass is 432 g/mol. The summed E-state index contributed by atoms with van der Waals surface area (Å²) in [5, 5.41) is 21.4. The highest BCUT2D eigenvalue weighted by Crippen LogP contribution is 2.68. The third-order valence-corrected chi connectivity index (χ3v) is 11.6. The van der Waals surface area contributed by atoms with Crippen LogP contribution in [0.25, 0.3) is 0 Å². The molecule has 0 aliphatic heterocycles. The summed E-state index contributed by atoms with van der Waals surface area (Å²) in [6, 6.07) is 0.